The van der Waals surface area contributed by atoms with Crippen molar-refractivity contribution in [3.8, 4) is 16.9 Å². The van der Waals surface area contributed by atoms with Crippen LogP contribution in [-0.4, -0.2) is 39.4 Å². The Kier molecular flexibility index (Phi) is 9.13. The molecule has 0 radical (unpaired) electrons. The number of halogens is 4. The SMILES string of the molecule is O=C(Nc1nnccc1-c1ccc(C(F)(F)F)cc1)c1ccccc1OC1(C(=O)O)CCCC2=C1C=C(Cl)OC2.[H-].[Na+]. The molecule has 0 saturated heterocycles. The maximum atomic E-state index is 13.4. The zero-order valence-electron chi connectivity index (χ0n) is 22.7. The number of anilines is 1. The summed E-state index contributed by atoms with van der Waals surface area (Å²) in [6, 6.07) is 12.0. The van der Waals surface area contributed by atoms with Crippen LogP contribution in [0.5, 0.6) is 5.75 Å². The molecular weight excluding hydrogens is 574 g/mol. The van der Waals surface area contributed by atoms with E-state index in [1.54, 1.807) is 12.1 Å². The molecule has 41 heavy (non-hydrogen) atoms. The molecule has 3 aromatic rings. The van der Waals surface area contributed by atoms with Crippen LogP contribution in [-0.2, 0) is 15.7 Å². The van der Waals surface area contributed by atoms with E-state index in [1.165, 1.54) is 42.6 Å². The van der Waals surface area contributed by atoms with E-state index in [4.69, 9.17) is 21.1 Å². The molecule has 1 atom stereocenters. The Morgan fingerprint density at radius 3 is 2.56 bits per heavy atom. The van der Waals surface area contributed by atoms with Gasteiger partial charge in [-0.05, 0) is 65.9 Å². The van der Waals surface area contributed by atoms with Crippen LogP contribution in [0.15, 0.2) is 83.2 Å². The van der Waals surface area contributed by atoms with Gasteiger partial charge in [0.05, 0.1) is 17.3 Å². The fourth-order valence-corrected chi connectivity index (χ4v) is 4.92. The Morgan fingerprint density at radius 2 is 1.85 bits per heavy atom. The molecule has 2 N–H and O–H groups in total. The first kappa shape index (κ1) is 30.6. The Labute approximate surface area is 261 Å². The number of hydrogen-bond donors (Lipinski definition) is 2. The minimum absolute atomic E-state index is 0. The van der Waals surface area contributed by atoms with Crippen molar-refractivity contribution < 1.29 is 68.3 Å². The van der Waals surface area contributed by atoms with Gasteiger partial charge in [-0.15, -0.1) is 5.10 Å². The van der Waals surface area contributed by atoms with E-state index >= 15 is 0 Å². The van der Waals surface area contributed by atoms with Crippen molar-refractivity contribution in [2.24, 2.45) is 0 Å². The van der Waals surface area contributed by atoms with Gasteiger partial charge in [0.1, 0.15) is 12.4 Å². The van der Waals surface area contributed by atoms with Gasteiger partial charge >= 0.3 is 41.7 Å². The number of nitrogens with one attached hydrogen (secondary N) is 1. The quantitative estimate of drug-likeness (QED) is 0.421. The van der Waals surface area contributed by atoms with Gasteiger partial charge in [0.25, 0.3) is 5.91 Å². The van der Waals surface area contributed by atoms with E-state index in [9.17, 15) is 27.9 Å². The van der Waals surface area contributed by atoms with E-state index in [0.717, 1.165) is 17.7 Å². The minimum Gasteiger partial charge on any atom is -1.00 e. The monoisotopic (exact) mass is 595 g/mol. The van der Waals surface area contributed by atoms with Gasteiger partial charge in [0, 0.05) is 23.6 Å². The number of aromatic nitrogens is 2. The number of benzene rings is 2. The molecule has 1 aliphatic carbocycles. The fourth-order valence-electron chi connectivity index (χ4n) is 4.76. The number of nitrogens with zero attached hydrogens (tertiary/aromatic N) is 2. The number of alkyl halides is 3. The Morgan fingerprint density at radius 1 is 1.12 bits per heavy atom. The molecule has 0 spiro atoms. The molecule has 2 heterocycles. The normalized spacial score (nSPS) is 18.3. The molecule has 1 amide bonds. The second-order valence-electron chi connectivity index (χ2n) is 9.16. The Balaban J connectivity index is 0.00000242. The van der Waals surface area contributed by atoms with Crippen molar-refractivity contribution in [3.05, 3.63) is 94.4 Å². The summed E-state index contributed by atoms with van der Waals surface area (Å²) in [4.78, 5) is 26.1. The molecule has 0 saturated carbocycles. The van der Waals surface area contributed by atoms with E-state index in [2.05, 4.69) is 15.5 Å². The summed E-state index contributed by atoms with van der Waals surface area (Å²) in [6.07, 6.45) is -0.437. The average molecular weight is 596 g/mol. The number of amides is 1. The third-order valence-electron chi connectivity index (χ3n) is 6.70. The van der Waals surface area contributed by atoms with Gasteiger partial charge in [-0.2, -0.15) is 18.3 Å². The molecule has 2 aromatic carbocycles. The first-order chi connectivity index (χ1) is 19.1. The van der Waals surface area contributed by atoms with Crippen LogP contribution in [0.4, 0.5) is 19.0 Å². The second kappa shape index (κ2) is 12.2. The van der Waals surface area contributed by atoms with Gasteiger partial charge in [-0.25, -0.2) is 4.79 Å². The number of hydrogen-bond acceptors (Lipinski definition) is 6. The zero-order chi connectivity index (χ0) is 28.5. The van der Waals surface area contributed by atoms with Crippen LogP contribution in [0.3, 0.4) is 0 Å². The summed E-state index contributed by atoms with van der Waals surface area (Å²) in [6.45, 7) is 0.143. The van der Waals surface area contributed by atoms with Crippen molar-refractivity contribution >= 4 is 29.3 Å². The Hall–Kier alpha value is -3.38. The molecule has 0 bridgehead atoms. The maximum absolute atomic E-state index is 13.4. The molecule has 8 nitrogen and oxygen atoms in total. The maximum Gasteiger partial charge on any atom is 1.00 e. The molecule has 1 aromatic heterocycles. The van der Waals surface area contributed by atoms with Crippen LogP contribution < -0.4 is 39.6 Å². The summed E-state index contributed by atoms with van der Waals surface area (Å²) < 4.78 is 50.5. The Bertz CT molecular complexity index is 1550. The fraction of sp³-hybridized carbons (Fsp3) is 0.214. The predicted octanol–water partition coefficient (Wildman–Crippen LogP) is 3.32. The molecule has 13 heteroatoms. The van der Waals surface area contributed by atoms with Gasteiger partial charge in [-0.3, -0.25) is 4.79 Å². The smallest absolute Gasteiger partial charge is 1.00 e. The summed E-state index contributed by atoms with van der Waals surface area (Å²) in [5.41, 5.74) is -0.756. The third-order valence-corrected chi connectivity index (χ3v) is 6.92. The zero-order valence-corrected chi connectivity index (χ0v) is 24.4. The van der Waals surface area contributed by atoms with Gasteiger partial charge in [-0.1, -0.05) is 24.3 Å². The van der Waals surface area contributed by atoms with Crippen LogP contribution in [0, 0.1) is 0 Å². The van der Waals surface area contributed by atoms with Crippen LogP contribution >= 0.6 is 11.6 Å². The average Bonchev–Trinajstić information content (AvgIpc) is 2.93. The van der Waals surface area contributed by atoms with Crippen LogP contribution in [0.25, 0.3) is 11.1 Å². The topological polar surface area (TPSA) is 111 Å². The summed E-state index contributed by atoms with van der Waals surface area (Å²) >= 11 is 6.06. The standard InChI is InChI=1S/C28H21ClF3N3O5.Na.H/c29-23-14-21-17(15-39-23)4-3-12-27(21,26(37)38)40-22-6-2-1-5-20(22)25(36)34-24-19(11-13-33-35-24)16-7-9-18(10-8-16)28(30,31)32;;/h1-2,5-11,13-14H,3-4,12,15H2,(H,37,38)(H,34,35,36);;/q;+1;-1. The number of carbonyl (C=O) groups is 2. The number of para-hydroxylation sites is 1. The van der Waals surface area contributed by atoms with Crippen molar-refractivity contribution in [1.29, 1.82) is 0 Å². The predicted molar refractivity (Wildman–Crippen MR) is 140 cm³/mol. The molecule has 1 aliphatic heterocycles. The van der Waals surface area contributed by atoms with E-state index < -0.39 is 29.2 Å². The summed E-state index contributed by atoms with van der Waals surface area (Å²) in [5.74, 6) is -1.92. The third kappa shape index (κ3) is 6.28. The van der Waals surface area contributed by atoms with Gasteiger partial charge < -0.3 is 21.3 Å². The van der Waals surface area contributed by atoms with E-state index in [0.29, 0.717) is 29.5 Å². The van der Waals surface area contributed by atoms with Gasteiger partial charge in [0.2, 0.25) is 5.60 Å². The number of carboxylic acid groups (broad SMARTS) is 1. The molecular formula is C28H22ClF3N3NaO5. The minimum atomic E-state index is -4.50. The van der Waals surface area contributed by atoms with E-state index in [1.807, 2.05) is 0 Å². The number of ether oxygens (including phenoxy) is 2. The molecule has 208 valence electrons. The molecule has 1 unspecified atom stereocenters. The molecule has 2 aliphatic rings. The summed E-state index contributed by atoms with van der Waals surface area (Å²) in [7, 11) is 0. The second-order valence-corrected chi connectivity index (χ2v) is 9.53. The number of aliphatic carboxylic acids is 1. The summed E-state index contributed by atoms with van der Waals surface area (Å²) in [5, 5.41) is 20.7. The number of carboxylic acids is 1. The van der Waals surface area contributed by atoms with Crippen molar-refractivity contribution in [2.45, 2.75) is 31.0 Å². The first-order valence-corrected chi connectivity index (χ1v) is 12.5. The largest absolute Gasteiger partial charge is 1.00 e. The number of carbonyl (C=O) groups excluding carboxylic acids is 1. The van der Waals surface area contributed by atoms with Crippen molar-refractivity contribution in [2.75, 3.05) is 11.9 Å². The molecule has 5 rings (SSSR count). The van der Waals surface area contributed by atoms with E-state index in [-0.39, 0.29) is 66.4 Å². The van der Waals surface area contributed by atoms with Crippen LogP contribution in [0.2, 0.25) is 0 Å². The van der Waals surface area contributed by atoms with Crippen LogP contribution in [0.1, 0.15) is 36.6 Å². The molecule has 0 fully saturated rings. The van der Waals surface area contributed by atoms with Crippen molar-refractivity contribution in [1.82, 2.24) is 10.2 Å². The number of rotatable bonds is 6. The first-order valence-electron chi connectivity index (χ1n) is 12.1. The van der Waals surface area contributed by atoms with Gasteiger partial charge in [0.15, 0.2) is 11.0 Å². The van der Waals surface area contributed by atoms with Crippen molar-refractivity contribution in [3.63, 3.8) is 0 Å².